The first-order valence-electron chi connectivity index (χ1n) is 9.18. The number of fused-ring (bicyclic) bond motifs is 1. The molecule has 6 nitrogen and oxygen atoms in total. The standard InChI is InChI=1S/C21H18F2N4O2S/c1-29-10-9-26(13-15-16(22)5-4-6-17(15)23)20(28)14-11-24-27(12-14)21-25-18-7-2-3-8-19(18)30-21/h2-8,11-12H,9-10,13H2,1H3. The van der Waals surface area contributed by atoms with E-state index in [2.05, 4.69) is 10.1 Å². The second-order valence-corrected chi connectivity index (χ2v) is 7.57. The molecule has 2 heterocycles. The molecule has 0 saturated heterocycles. The van der Waals surface area contributed by atoms with Crippen molar-refractivity contribution in [1.82, 2.24) is 19.7 Å². The Morgan fingerprint density at radius 3 is 2.67 bits per heavy atom. The van der Waals surface area contributed by atoms with E-state index in [1.807, 2.05) is 24.3 Å². The molecule has 0 N–H and O–H groups in total. The van der Waals surface area contributed by atoms with E-state index in [9.17, 15) is 13.6 Å². The van der Waals surface area contributed by atoms with Crippen molar-refractivity contribution in [2.75, 3.05) is 20.3 Å². The Bertz CT molecular complexity index is 1140. The van der Waals surface area contributed by atoms with Crippen molar-refractivity contribution in [1.29, 1.82) is 0 Å². The Balaban J connectivity index is 1.60. The van der Waals surface area contributed by atoms with Gasteiger partial charge in [0.05, 0.1) is 35.1 Å². The summed E-state index contributed by atoms with van der Waals surface area (Å²) < 4.78 is 35.8. The lowest BCUT2D eigenvalue weighted by Gasteiger charge is -2.22. The highest BCUT2D eigenvalue weighted by Crippen LogP contribution is 2.24. The number of aromatic nitrogens is 3. The van der Waals surface area contributed by atoms with Gasteiger partial charge in [-0.1, -0.05) is 29.5 Å². The fraction of sp³-hybridized carbons (Fsp3) is 0.190. The zero-order valence-corrected chi connectivity index (χ0v) is 16.9. The summed E-state index contributed by atoms with van der Waals surface area (Å²) in [5, 5.41) is 4.87. The quantitative estimate of drug-likeness (QED) is 0.446. The number of nitrogens with zero attached hydrogens (tertiary/aromatic N) is 4. The first kappa shape index (κ1) is 20.1. The predicted octanol–water partition coefficient (Wildman–Crippen LogP) is 4.05. The number of thiazole rings is 1. The van der Waals surface area contributed by atoms with Crippen LogP contribution in [0.5, 0.6) is 0 Å². The number of hydrogen-bond acceptors (Lipinski definition) is 5. The summed E-state index contributed by atoms with van der Waals surface area (Å²) in [7, 11) is 1.50. The third-order valence-corrected chi connectivity index (χ3v) is 5.60. The van der Waals surface area contributed by atoms with Crippen LogP contribution in [0.3, 0.4) is 0 Å². The van der Waals surface area contributed by atoms with Gasteiger partial charge < -0.3 is 9.64 Å². The van der Waals surface area contributed by atoms with Crippen molar-refractivity contribution in [3.05, 3.63) is 77.6 Å². The average molecular weight is 428 g/mol. The third kappa shape index (κ3) is 4.07. The van der Waals surface area contributed by atoms with E-state index >= 15 is 0 Å². The number of amides is 1. The molecule has 0 atom stereocenters. The van der Waals surface area contributed by atoms with Gasteiger partial charge in [0.25, 0.3) is 5.91 Å². The molecule has 0 aliphatic heterocycles. The van der Waals surface area contributed by atoms with Crippen LogP contribution in [0.15, 0.2) is 54.9 Å². The van der Waals surface area contributed by atoms with Crippen LogP contribution in [0.25, 0.3) is 15.3 Å². The van der Waals surface area contributed by atoms with Crippen LogP contribution in [0.2, 0.25) is 0 Å². The summed E-state index contributed by atoms with van der Waals surface area (Å²) in [6.45, 7) is 0.191. The number of para-hydroxylation sites is 1. The number of methoxy groups -OCH3 is 1. The van der Waals surface area contributed by atoms with Crippen LogP contribution in [-0.2, 0) is 11.3 Å². The molecule has 0 radical (unpaired) electrons. The number of carbonyl (C=O) groups is 1. The van der Waals surface area contributed by atoms with Crippen molar-refractivity contribution in [3.8, 4) is 5.13 Å². The van der Waals surface area contributed by atoms with Gasteiger partial charge in [0, 0.05) is 25.4 Å². The molecule has 0 aliphatic rings. The van der Waals surface area contributed by atoms with Gasteiger partial charge in [-0.25, -0.2) is 18.4 Å². The van der Waals surface area contributed by atoms with E-state index < -0.39 is 17.5 Å². The molecule has 4 aromatic rings. The summed E-state index contributed by atoms with van der Waals surface area (Å²) in [5.74, 6) is -1.80. The largest absolute Gasteiger partial charge is 0.383 e. The van der Waals surface area contributed by atoms with E-state index in [0.29, 0.717) is 10.7 Å². The predicted molar refractivity (Wildman–Crippen MR) is 110 cm³/mol. The molecule has 154 valence electrons. The second kappa shape index (κ2) is 8.68. The van der Waals surface area contributed by atoms with Gasteiger partial charge in [0.2, 0.25) is 5.13 Å². The number of rotatable bonds is 7. The van der Waals surface area contributed by atoms with Gasteiger partial charge in [-0.2, -0.15) is 5.10 Å². The zero-order valence-electron chi connectivity index (χ0n) is 16.1. The van der Waals surface area contributed by atoms with Gasteiger partial charge in [-0.05, 0) is 24.3 Å². The molecule has 30 heavy (non-hydrogen) atoms. The van der Waals surface area contributed by atoms with E-state index in [-0.39, 0.29) is 25.3 Å². The number of halogens is 2. The highest BCUT2D eigenvalue weighted by atomic mass is 32.1. The Kier molecular flexibility index (Phi) is 5.82. The lowest BCUT2D eigenvalue weighted by molar-refractivity contribution is 0.0676. The smallest absolute Gasteiger partial charge is 0.257 e. The van der Waals surface area contributed by atoms with Crippen molar-refractivity contribution in [2.45, 2.75) is 6.54 Å². The van der Waals surface area contributed by atoms with Crippen LogP contribution in [0.4, 0.5) is 8.78 Å². The Hall–Kier alpha value is -3.17. The molecule has 0 bridgehead atoms. The maximum atomic E-state index is 14.1. The van der Waals surface area contributed by atoms with Gasteiger partial charge in [0.15, 0.2) is 0 Å². The molecule has 0 unspecified atom stereocenters. The molecule has 9 heteroatoms. The first-order valence-corrected chi connectivity index (χ1v) is 10.00. The van der Waals surface area contributed by atoms with Crippen LogP contribution in [0.1, 0.15) is 15.9 Å². The fourth-order valence-electron chi connectivity index (χ4n) is 3.01. The Morgan fingerprint density at radius 2 is 1.93 bits per heavy atom. The summed E-state index contributed by atoms with van der Waals surface area (Å²) in [6.07, 6.45) is 2.99. The lowest BCUT2D eigenvalue weighted by Crippen LogP contribution is -2.34. The first-order chi connectivity index (χ1) is 14.6. The average Bonchev–Trinajstić information content (AvgIpc) is 3.39. The number of ether oxygens (including phenoxy) is 1. The molecule has 0 saturated carbocycles. The molecule has 2 aromatic heterocycles. The summed E-state index contributed by atoms with van der Waals surface area (Å²) in [4.78, 5) is 18.9. The minimum Gasteiger partial charge on any atom is -0.383 e. The molecule has 1 amide bonds. The highest BCUT2D eigenvalue weighted by Gasteiger charge is 2.21. The van der Waals surface area contributed by atoms with E-state index in [1.54, 1.807) is 6.20 Å². The number of hydrogen-bond donors (Lipinski definition) is 0. The minimum atomic E-state index is -0.699. The zero-order chi connectivity index (χ0) is 21.1. The fourth-order valence-corrected chi connectivity index (χ4v) is 3.91. The lowest BCUT2D eigenvalue weighted by atomic mass is 10.1. The summed E-state index contributed by atoms with van der Waals surface area (Å²) in [5.41, 5.74) is 0.972. The van der Waals surface area contributed by atoms with Crippen molar-refractivity contribution in [2.24, 2.45) is 0 Å². The molecule has 4 rings (SSSR count). The monoisotopic (exact) mass is 428 g/mol. The molecular weight excluding hydrogens is 410 g/mol. The normalized spacial score (nSPS) is 11.2. The highest BCUT2D eigenvalue weighted by molar-refractivity contribution is 7.20. The van der Waals surface area contributed by atoms with Crippen molar-refractivity contribution < 1.29 is 18.3 Å². The Morgan fingerprint density at radius 1 is 1.17 bits per heavy atom. The van der Waals surface area contributed by atoms with E-state index in [1.165, 1.54) is 52.4 Å². The van der Waals surface area contributed by atoms with E-state index in [0.717, 1.165) is 10.2 Å². The topological polar surface area (TPSA) is 60.2 Å². The van der Waals surface area contributed by atoms with Gasteiger partial charge in [-0.3, -0.25) is 4.79 Å². The van der Waals surface area contributed by atoms with Crippen LogP contribution < -0.4 is 0 Å². The maximum absolute atomic E-state index is 14.1. The maximum Gasteiger partial charge on any atom is 0.257 e. The molecule has 0 aliphatic carbocycles. The van der Waals surface area contributed by atoms with Crippen LogP contribution in [-0.4, -0.2) is 45.8 Å². The van der Waals surface area contributed by atoms with Crippen LogP contribution >= 0.6 is 11.3 Å². The van der Waals surface area contributed by atoms with E-state index in [4.69, 9.17) is 4.74 Å². The van der Waals surface area contributed by atoms with Gasteiger partial charge in [0.1, 0.15) is 11.6 Å². The summed E-state index contributed by atoms with van der Waals surface area (Å²) in [6, 6.07) is 11.3. The van der Waals surface area contributed by atoms with Crippen molar-refractivity contribution in [3.63, 3.8) is 0 Å². The van der Waals surface area contributed by atoms with Gasteiger partial charge >= 0.3 is 0 Å². The SMILES string of the molecule is COCCN(Cc1c(F)cccc1F)C(=O)c1cnn(-c2nc3ccccc3s2)c1. The van der Waals surface area contributed by atoms with Gasteiger partial charge in [-0.15, -0.1) is 0 Å². The van der Waals surface area contributed by atoms with Crippen molar-refractivity contribution >= 4 is 27.5 Å². The number of carbonyl (C=O) groups excluding carboxylic acids is 1. The molecule has 2 aromatic carbocycles. The number of benzene rings is 2. The summed E-state index contributed by atoms with van der Waals surface area (Å²) >= 11 is 1.45. The third-order valence-electron chi connectivity index (χ3n) is 4.57. The minimum absolute atomic E-state index is 0.166. The second-order valence-electron chi connectivity index (χ2n) is 6.56. The Labute approximate surface area is 175 Å². The molecule has 0 fully saturated rings. The van der Waals surface area contributed by atoms with Crippen LogP contribution in [0, 0.1) is 11.6 Å². The molecule has 0 spiro atoms. The molecular formula is C21H18F2N4O2S.